The molecule has 0 aromatic rings. The zero-order valence-electron chi connectivity index (χ0n) is 12.9. The number of likely N-dealkylation sites (tertiary alicyclic amines) is 1. The minimum absolute atomic E-state index is 0.183. The van der Waals surface area contributed by atoms with Gasteiger partial charge in [0.1, 0.15) is 11.6 Å². The van der Waals surface area contributed by atoms with Crippen molar-refractivity contribution in [1.82, 2.24) is 10.2 Å². The van der Waals surface area contributed by atoms with Crippen molar-refractivity contribution in [3.63, 3.8) is 0 Å². The molecule has 2 rings (SSSR count). The Hall–Kier alpha value is -1.79. The second-order valence-corrected chi connectivity index (χ2v) is 6.63. The number of carbonyl (C=O) groups is 3. The fourth-order valence-corrected chi connectivity index (χ4v) is 2.79. The van der Waals surface area contributed by atoms with Gasteiger partial charge in [0.05, 0.1) is 6.61 Å². The van der Waals surface area contributed by atoms with Crippen LogP contribution in [0.1, 0.15) is 34.1 Å². The predicted octanol–water partition coefficient (Wildman–Crippen LogP) is 0.675. The van der Waals surface area contributed by atoms with Crippen LogP contribution in [0.15, 0.2) is 0 Å². The second kappa shape index (κ2) is 5.20. The van der Waals surface area contributed by atoms with Gasteiger partial charge in [0, 0.05) is 24.9 Å². The van der Waals surface area contributed by atoms with E-state index in [4.69, 9.17) is 9.47 Å². The average Bonchev–Trinajstić information content (AvgIpc) is 2.63. The number of esters is 1. The number of amides is 2. The van der Waals surface area contributed by atoms with Crippen molar-refractivity contribution in [2.75, 3.05) is 19.7 Å². The minimum atomic E-state index is -0.677. The van der Waals surface area contributed by atoms with E-state index in [1.807, 2.05) is 0 Å². The van der Waals surface area contributed by atoms with Gasteiger partial charge in [-0.15, -0.1) is 0 Å². The van der Waals surface area contributed by atoms with E-state index >= 15 is 0 Å². The Bertz CT molecular complexity index is 462. The van der Waals surface area contributed by atoms with E-state index in [2.05, 4.69) is 5.32 Å². The third kappa shape index (κ3) is 3.11. The van der Waals surface area contributed by atoms with Gasteiger partial charge < -0.3 is 19.7 Å². The van der Waals surface area contributed by atoms with Crippen molar-refractivity contribution < 1.29 is 23.9 Å². The summed E-state index contributed by atoms with van der Waals surface area (Å²) in [5, 5.41) is 2.65. The Morgan fingerprint density at radius 3 is 2.52 bits per heavy atom. The molecule has 2 aliphatic rings. The maximum absolute atomic E-state index is 11.9. The van der Waals surface area contributed by atoms with Gasteiger partial charge in [-0.3, -0.25) is 4.79 Å². The summed E-state index contributed by atoms with van der Waals surface area (Å²) in [5.41, 5.74) is -1.12. The van der Waals surface area contributed by atoms with Crippen LogP contribution in [0.4, 0.5) is 4.79 Å². The highest BCUT2D eigenvalue weighted by Gasteiger charge is 2.59. The summed E-state index contributed by atoms with van der Waals surface area (Å²) in [5.74, 6) is -0.621. The van der Waals surface area contributed by atoms with Gasteiger partial charge >= 0.3 is 12.1 Å². The Morgan fingerprint density at radius 1 is 1.38 bits per heavy atom. The smallest absolute Gasteiger partial charge is 0.410 e. The molecule has 7 heteroatoms. The van der Waals surface area contributed by atoms with E-state index in [0.717, 1.165) is 0 Å². The topological polar surface area (TPSA) is 84.9 Å². The first kappa shape index (κ1) is 15.6. The molecule has 7 nitrogen and oxygen atoms in total. The fourth-order valence-electron chi connectivity index (χ4n) is 2.79. The molecule has 2 amide bonds. The molecule has 1 spiro atoms. The van der Waals surface area contributed by atoms with Crippen LogP contribution in [0.2, 0.25) is 0 Å². The minimum Gasteiger partial charge on any atom is -0.464 e. The monoisotopic (exact) mass is 298 g/mol. The Morgan fingerprint density at radius 2 is 2.00 bits per heavy atom. The molecule has 2 aliphatic heterocycles. The number of nitrogens with one attached hydrogen (secondary N) is 1. The van der Waals surface area contributed by atoms with E-state index < -0.39 is 29.1 Å². The normalized spacial score (nSPS) is 23.5. The molecule has 21 heavy (non-hydrogen) atoms. The lowest BCUT2D eigenvalue weighted by Crippen LogP contribution is -2.65. The Balaban J connectivity index is 2.00. The van der Waals surface area contributed by atoms with Gasteiger partial charge in [0.2, 0.25) is 5.91 Å². The fraction of sp³-hybridized carbons (Fsp3) is 0.786. The van der Waals surface area contributed by atoms with Crippen LogP contribution in [0.3, 0.4) is 0 Å². The van der Waals surface area contributed by atoms with Crippen molar-refractivity contribution in [3.8, 4) is 0 Å². The molecule has 0 aliphatic carbocycles. The number of hydrogen-bond acceptors (Lipinski definition) is 5. The molecule has 0 radical (unpaired) electrons. The summed E-state index contributed by atoms with van der Waals surface area (Å²) < 4.78 is 10.3. The largest absolute Gasteiger partial charge is 0.464 e. The molecule has 1 atom stereocenters. The van der Waals surface area contributed by atoms with Crippen LogP contribution < -0.4 is 5.32 Å². The molecule has 2 fully saturated rings. The van der Waals surface area contributed by atoms with Crippen molar-refractivity contribution in [2.24, 2.45) is 5.41 Å². The second-order valence-electron chi connectivity index (χ2n) is 6.63. The number of nitrogens with zero attached hydrogens (tertiary/aromatic N) is 1. The van der Waals surface area contributed by atoms with E-state index in [1.54, 1.807) is 27.7 Å². The highest BCUT2D eigenvalue weighted by molar-refractivity contribution is 5.91. The van der Waals surface area contributed by atoms with Crippen LogP contribution in [-0.4, -0.2) is 54.2 Å². The third-order valence-electron chi connectivity index (χ3n) is 3.62. The number of rotatable bonds is 2. The first-order valence-electron chi connectivity index (χ1n) is 7.11. The molecular formula is C14H22N2O5. The maximum Gasteiger partial charge on any atom is 0.410 e. The van der Waals surface area contributed by atoms with Crippen molar-refractivity contribution >= 4 is 18.0 Å². The highest BCUT2D eigenvalue weighted by Crippen LogP contribution is 2.42. The summed E-state index contributed by atoms with van der Waals surface area (Å²) in [6.07, 6.45) is -0.189. The zero-order chi connectivity index (χ0) is 15.8. The van der Waals surface area contributed by atoms with Crippen molar-refractivity contribution in [3.05, 3.63) is 0 Å². The van der Waals surface area contributed by atoms with Gasteiger partial charge in [-0.05, 0) is 27.7 Å². The molecule has 0 aromatic carbocycles. The van der Waals surface area contributed by atoms with Gasteiger partial charge in [0.25, 0.3) is 0 Å². The molecule has 118 valence electrons. The van der Waals surface area contributed by atoms with E-state index in [1.165, 1.54) is 4.90 Å². The van der Waals surface area contributed by atoms with Crippen molar-refractivity contribution in [2.45, 2.75) is 45.8 Å². The van der Waals surface area contributed by atoms with Gasteiger partial charge in [0.15, 0.2) is 0 Å². The summed E-state index contributed by atoms with van der Waals surface area (Å²) in [4.78, 5) is 37.0. The van der Waals surface area contributed by atoms with Crippen LogP contribution >= 0.6 is 0 Å². The van der Waals surface area contributed by atoms with Crippen LogP contribution in [0, 0.1) is 5.41 Å². The maximum atomic E-state index is 11.9. The van der Waals surface area contributed by atoms with Crippen LogP contribution in [0.5, 0.6) is 0 Å². The average molecular weight is 298 g/mol. The predicted molar refractivity (Wildman–Crippen MR) is 73.4 cm³/mol. The Kier molecular flexibility index (Phi) is 3.86. The molecule has 2 saturated heterocycles. The zero-order valence-corrected chi connectivity index (χ0v) is 12.9. The number of hydrogen-bond donors (Lipinski definition) is 1. The van der Waals surface area contributed by atoms with Gasteiger partial charge in [-0.2, -0.15) is 0 Å². The molecule has 0 saturated carbocycles. The number of ether oxygens (including phenoxy) is 2. The first-order valence-corrected chi connectivity index (χ1v) is 7.11. The molecule has 0 unspecified atom stereocenters. The van der Waals surface area contributed by atoms with Crippen LogP contribution in [0.25, 0.3) is 0 Å². The lowest BCUT2D eigenvalue weighted by atomic mass is 9.73. The van der Waals surface area contributed by atoms with E-state index in [0.29, 0.717) is 13.1 Å². The summed E-state index contributed by atoms with van der Waals surface area (Å²) in [6, 6.07) is -0.677. The van der Waals surface area contributed by atoms with Crippen LogP contribution in [-0.2, 0) is 19.1 Å². The lowest BCUT2D eigenvalue weighted by molar-refractivity contribution is -0.152. The van der Waals surface area contributed by atoms with Gasteiger partial charge in [-0.1, -0.05) is 0 Å². The third-order valence-corrected chi connectivity index (χ3v) is 3.62. The molecule has 0 aromatic heterocycles. The SMILES string of the molecule is CCOC(=O)[C@@H]1NC(=O)CC12CN(C(=O)OC(C)(C)C)C2. The molecule has 2 heterocycles. The summed E-state index contributed by atoms with van der Waals surface area (Å²) in [7, 11) is 0. The molecule has 0 bridgehead atoms. The Labute approximate surface area is 123 Å². The lowest BCUT2D eigenvalue weighted by Gasteiger charge is -2.49. The van der Waals surface area contributed by atoms with E-state index in [-0.39, 0.29) is 18.9 Å². The van der Waals surface area contributed by atoms with Gasteiger partial charge in [-0.25, -0.2) is 9.59 Å². The van der Waals surface area contributed by atoms with Crippen molar-refractivity contribution in [1.29, 1.82) is 0 Å². The standard InChI is InChI=1S/C14H22N2O5/c1-5-20-11(18)10-14(6-9(17)15-10)7-16(8-14)12(19)21-13(2,3)4/h10H,5-8H2,1-4H3,(H,15,17)/t10-/m0/s1. The molecular weight excluding hydrogens is 276 g/mol. The summed E-state index contributed by atoms with van der Waals surface area (Å²) in [6.45, 7) is 8.01. The quantitative estimate of drug-likeness (QED) is 0.758. The van der Waals surface area contributed by atoms with E-state index in [9.17, 15) is 14.4 Å². The number of carbonyl (C=O) groups excluding carboxylic acids is 3. The highest BCUT2D eigenvalue weighted by atomic mass is 16.6. The summed E-state index contributed by atoms with van der Waals surface area (Å²) >= 11 is 0. The molecule has 1 N–H and O–H groups in total. The first-order chi connectivity index (χ1) is 9.67.